The van der Waals surface area contributed by atoms with Crippen LogP contribution in [0.4, 0.5) is 0 Å². The van der Waals surface area contributed by atoms with Crippen LogP contribution >= 0.6 is 0 Å². The van der Waals surface area contributed by atoms with Crippen molar-refractivity contribution in [2.45, 2.75) is 43.7 Å². The van der Waals surface area contributed by atoms with Crippen molar-refractivity contribution in [2.75, 3.05) is 26.2 Å². The molecule has 2 aromatic rings. The van der Waals surface area contributed by atoms with Crippen LogP contribution in [0, 0.1) is 0 Å². The molecule has 0 saturated carbocycles. The molecule has 0 bridgehead atoms. The molecule has 2 aromatic heterocycles. The Bertz CT molecular complexity index is 913. The number of aryl methyl sites for hydroxylation is 1. The molecular formula is C17H24N6O3S. The smallest absolute Gasteiger partial charge is 0.272 e. The van der Waals surface area contributed by atoms with Gasteiger partial charge >= 0.3 is 0 Å². The Morgan fingerprint density at radius 3 is 2.67 bits per heavy atom. The number of nitrogens with one attached hydrogen (secondary N) is 1. The number of carbonyl (C=O) groups is 1. The fourth-order valence-electron chi connectivity index (χ4n) is 3.87. The largest absolute Gasteiger partial charge is 0.338 e. The zero-order chi connectivity index (χ0) is 19.0. The van der Waals surface area contributed by atoms with Crippen molar-refractivity contribution in [2.24, 2.45) is 0 Å². The van der Waals surface area contributed by atoms with E-state index in [0.29, 0.717) is 38.2 Å². The lowest BCUT2D eigenvalue weighted by Crippen LogP contribution is -2.38. The van der Waals surface area contributed by atoms with E-state index in [1.165, 1.54) is 16.8 Å². The average Bonchev–Trinajstić information content (AvgIpc) is 3.33. The summed E-state index contributed by atoms with van der Waals surface area (Å²) in [5, 5.41) is 4.80. The van der Waals surface area contributed by atoms with Gasteiger partial charge in [0, 0.05) is 38.6 Å². The van der Waals surface area contributed by atoms with E-state index in [-0.39, 0.29) is 16.9 Å². The number of hydrogen-bond acceptors (Lipinski definition) is 5. The Kier molecular flexibility index (Phi) is 4.77. The van der Waals surface area contributed by atoms with Crippen LogP contribution in [0.5, 0.6) is 0 Å². The normalized spacial score (nSPS) is 19.9. The van der Waals surface area contributed by atoms with Crippen LogP contribution in [-0.2, 0) is 16.6 Å². The maximum absolute atomic E-state index is 12.6. The Hall–Kier alpha value is -2.20. The summed E-state index contributed by atoms with van der Waals surface area (Å²) in [4.78, 5) is 21.0. The zero-order valence-electron chi connectivity index (χ0n) is 15.3. The van der Waals surface area contributed by atoms with E-state index >= 15 is 0 Å². The van der Waals surface area contributed by atoms with Crippen molar-refractivity contribution in [1.29, 1.82) is 0 Å². The molecule has 10 heteroatoms. The van der Waals surface area contributed by atoms with Crippen molar-refractivity contribution < 1.29 is 13.2 Å². The molecule has 1 saturated heterocycles. The van der Waals surface area contributed by atoms with Crippen molar-refractivity contribution in [3.8, 4) is 0 Å². The van der Waals surface area contributed by atoms with Crippen LogP contribution in [0.2, 0.25) is 0 Å². The first kappa shape index (κ1) is 18.2. The molecule has 1 amide bonds. The van der Waals surface area contributed by atoms with Gasteiger partial charge in [0.2, 0.25) is 0 Å². The van der Waals surface area contributed by atoms with E-state index in [4.69, 9.17) is 0 Å². The molecule has 0 aliphatic carbocycles. The number of aromatic nitrogens is 4. The third-order valence-electron chi connectivity index (χ3n) is 5.45. The minimum Gasteiger partial charge on any atom is -0.338 e. The molecule has 27 heavy (non-hydrogen) atoms. The number of amides is 1. The van der Waals surface area contributed by atoms with Gasteiger partial charge in [0.05, 0.1) is 18.2 Å². The number of fused-ring (bicyclic) bond motifs is 1. The third kappa shape index (κ3) is 3.27. The highest BCUT2D eigenvalue weighted by molar-refractivity contribution is 7.89. The maximum Gasteiger partial charge on any atom is 0.272 e. The van der Waals surface area contributed by atoms with Gasteiger partial charge in [-0.15, -0.1) is 0 Å². The molecule has 2 aliphatic rings. The Morgan fingerprint density at radius 2 is 2.00 bits per heavy atom. The lowest BCUT2D eigenvalue weighted by atomic mass is 9.94. The van der Waals surface area contributed by atoms with E-state index < -0.39 is 10.0 Å². The van der Waals surface area contributed by atoms with E-state index in [1.807, 2.05) is 22.6 Å². The highest BCUT2D eigenvalue weighted by Gasteiger charge is 2.33. The standard InChI is InChI=1S/C17H24N6O3S/c1-2-21-6-3-7-23-15(17(21)24)10-14(20-23)13-4-8-22(9-5-13)27(25,26)16-11-18-12-19-16/h10-13H,2-9H2,1H3,(H,18,19). The number of nitrogens with zero attached hydrogens (tertiary/aromatic N) is 5. The number of H-pyrrole nitrogens is 1. The van der Waals surface area contributed by atoms with Gasteiger partial charge in [-0.1, -0.05) is 0 Å². The number of aromatic amines is 1. The van der Waals surface area contributed by atoms with E-state index in [2.05, 4.69) is 15.1 Å². The predicted molar refractivity (Wildman–Crippen MR) is 97.7 cm³/mol. The van der Waals surface area contributed by atoms with Crippen molar-refractivity contribution in [3.63, 3.8) is 0 Å². The van der Waals surface area contributed by atoms with Gasteiger partial charge in [-0.25, -0.2) is 13.4 Å². The second-order valence-electron chi connectivity index (χ2n) is 7.01. The highest BCUT2D eigenvalue weighted by Crippen LogP contribution is 2.30. The number of rotatable bonds is 4. The third-order valence-corrected chi connectivity index (χ3v) is 7.27. The van der Waals surface area contributed by atoms with Gasteiger partial charge in [0.25, 0.3) is 15.9 Å². The minimum absolute atomic E-state index is 0.0352. The SMILES string of the molecule is CCN1CCCn2nc(C3CCN(S(=O)(=O)c4cnc[nH]4)CC3)cc2C1=O. The first-order valence-corrected chi connectivity index (χ1v) is 10.8. The monoisotopic (exact) mass is 392 g/mol. The number of hydrogen-bond donors (Lipinski definition) is 1. The van der Waals surface area contributed by atoms with Crippen molar-refractivity contribution in [3.05, 3.63) is 30.0 Å². The minimum atomic E-state index is -3.52. The van der Waals surface area contributed by atoms with Crippen molar-refractivity contribution >= 4 is 15.9 Å². The Balaban J connectivity index is 1.48. The number of imidazole rings is 1. The molecule has 4 rings (SSSR count). The predicted octanol–water partition coefficient (Wildman–Crippen LogP) is 1.04. The lowest BCUT2D eigenvalue weighted by Gasteiger charge is -2.29. The van der Waals surface area contributed by atoms with Gasteiger partial charge in [0.1, 0.15) is 5.69 Å². The average molecular weight is 392 g/mol. The molecule has 0 atom stereocenters. The van der Waals surface area contributed by atoms with Gasteiger partial charge in [0.15, 0.2) is 5.03 Å². The molecule has 0 radical (unpaired) electrons. The molecule has 0 unspecified atom stereocenters. The molecule has 1 N–H and O–H groups in total. The summed E-state index contributed by atoms with van der Waals surface area (Å²) >= 11 is 0. The van der Waals surface area contributed by atoms with Gasteiger partial charge in [-0.2, -0.15) is 9.40 Å². The number of sulfonamides is 1. The van der Waals surface area contributed by atoms with Crippen LogP contribution in [0.1, 0.15) is 48.3 Å². The van der Waals surface area contributed by atoms with E-state index in [0.717, 1.165) is 25.2 Å². The number of piperidine rings is 1. The quantitative estimate of drug-likeness (QED) is 0.837. The molecule has 0 spiro atoms. The maximum atomic E-state index is 12.6. The molecule has 1 fully saturated rings. The number of carbonyl (C=O) groups excluding carboxylic acids is 1. The van der Waals surface area contributed by atoms with Crippen LogP contribution in [0.3, 0.4) is 0 Å². The molecule has 0 aromatic carbocycles. The summed E-state index contributed by atoms with van der Waals surface area (Å²) in [7, 11) is -3.52. The summed E-state index contributed by atoms with van der Waals surface area (Å²) in [5.74, 6) is 0.202. The molecule has 9 nitrogen and oxygen atoms in total. The van der Waals surface area contributed by atoms with Crippen molar-refractivity contribution in [1.82, 2.24) is 29.0 Å². The van der Waals surface area contributed by atoms with Gasteiger partial charge in [-0.3, -0.25) is 9.48 Å². The Morgan fingerprint density at radius 1 is 1.22 bits per heavy atom. The zero-order valence-corrected chi connectivity index (χ0v) is 16.2. The first-order chi connectivity index (χ1) is 13.0. The molecule has 4 heterocycles. The fourth-order valence-corrected chi connectivity index (χ4v) is 5.24. The summed E-state index contributed by atoms with van der Waals surface area (Å²) in [6, 6.07) is 1.90. The summed E-state index contributed by atoms with van der Waals surface area (Å²) in [5.41, 5.74) is 1.55. The van der Waals surface area contributed by atoms with Crippen LogP contribution < -0.4 is 0 Å². The second-order valence-corrected chi connectivity index (χ2v) is 8.92. The molecular weight excluding hydrogens is 368 g/mol. The fraction of sp³-hybridized carbons (Fsp3) is 0.588. The molecule has 146 valence electrons. The second kappa shape index (κ2) is 7.08. The van der Waals surface area contributed by atoms with Crippen LogP contribution in [0.15, 0.2) is 23.6 Å². The first-order valence-electron chi connectivity index (χ1n) is 9.36. The summed E-state index contributed by atoms with van der Waals surface area (Å²) < 4.78 is 28.5. The van der Waals surface area contributed by atoms with Crippen LogP contribution in [0.25, 0.3) is 0 Å². The van der Waals surface area contributed by atoms with Gasteiger partial charge in [-0.05, 0) is 32.3 Å². The molecule has 2 aliphatic heterocycles. The topological polar surface area (TPSA) is 104 Å². The summed E-state index contributed by atoms with van der Waals surface area (Å²) in [6.45, 7) is 5.05. The van der Waals surface area contributed by atoms with Crippen LogP contribution in [-0.4, -0.2) is 69.5 Å². The Labute approximate surface area is 158 Å². The lowest BCUT2D eigenvalue weighted by molar-refractivity contribution is 0.0766. The summed E-state index contributed by atoms with van der Waals surface area (Å²) in [6.07, 6.45) is 4.98. The van der Waals surface area contributed by atoms with E-state index in [9.17, 15) is 13.2 Å². The van der Waals surface area contributed by atoms with Gasteiger partial charge < -0.3 is 9.88 Å². The highest BCUT2D eigenvalue weighted by atomic mass is 32.2. The van der Waals surface area contributed by atoms with E-state index in [1.54, 1.807) is 0 Å².